The van der Waals surface area contributed by atoms with E-state index in [0.717, 1.165) is 34.4 Å². The van der Waals surface area contributed by atoms with Crippen molar-refractivity contribution in [3.8, 4) is 23.5 Å². The minimum atomic E-state index is -3.05. The molecule has 2 heterocycles. The van der Waals surface area contributed by atoms with E-state index in [1.54, 1.807) is 38.1 Å². The van der Waals surface area contributed by atoms with Crippen LogP contribution in [0.1, 0.15) is 52.0 Å². The largest absolute Gasteiger partial charge is 0.335 e. The van der Waals surface area contributed by atoms with Crippen molar-refractivity contribution in [1.82, 2.24) is 9.13 Å². The maximum absolute atomic E-state index is 12.2. The summed E-state index contributed by atoms with van der Waals surface area (Å²) in [6.07, 6.45) is 5.27. The Kier molecular flexibility index (Phi) is 14.4. The third-order valence-corrected chi connectivity index (χ3v) is 13.3. The highest BCUT2D eigenvalue weighted by atomic mass is 31.2. The molecule has 0 spiro atoms. The third-order valence-electron chi connectivity index (χ3n) is 11.2. The summed E-state index contributed by atoms with van der Waals surface area (Å²) in [5.41, 5.74) is 12.0. The molecular weight excluding hydrogens is 848 g/mol. The second-order valence-corrected chi connectivity index (χ2v) is 17.6. The number of hydrogen-bond acceptors (Lipinski definition) is 6. The first kappa shape index (κ1) is 45.5. The molecule has 0 saturated heterocycles. The van der Waals surface area contributed by atoms with Gasteiger partial charge < -0.3 is 18.2 Å². The van der Waals surface area contributed by atoms with Gasteiger partial charge in [0.2, 0.25) is 0 Å². The molecule has 0 radical (unpaired) electrons. The Morgan fingerprint density at radius 1 is 0.463 bits per heavy atom. The van der Waals surface area contributed by atoms with Gasteiger partial charge in [0.25, 0.3) is 0 Å². The highest BCUT2D eigenvalue weighted by molar-refractivity contribution is 7.53. The number of hydrogen-bond donors (Lipinski definition) is 0. The molecule has 0 saturated carbocycles. The molecule has 0 atom stereocenters. The molecular formula is C58H47N4O4P. The molecule has 0 fully saturated rings. The number of nitriles is 2. The second kappa shape index (κ2) is 21.3. The molecule has 8 aromatic carbocycles. The van der Waals surface area contributed by atoms with Gasteiger partial charge in [-0.3, -0.25) is 9.36 Å². The summed E-state index contributed by atoms with van der Waals surface area (Å²) in [6.45, 7) is 4.27. The minimum Gasteiger partial charge on any atom is -0.309 e. The van der Waals surface area contributed by atoms with Crippen LogP contribution in [0.2, 0.25) is 0 Å². The van der Waals surface area contributed by atoms with E-state index in [9.17, 15) is 9.36 Å². The van der Waals surface area contributed by atoms with Crippen LogP contribution >= 0.6 is 7.60 Å². The number of para-hydroxylation sites is 4. The van der Waals surface area contributed by atoms with Crippen molar-refractivity contribution in [1.29, 1.82) is 10.5 Å². The monoisotopic (exact) mass is 894 g/mol. The van der Waals surface area contributed by atoms with Crippen molar-refractivity contribution in [2.75, 3.05) is 13.2 Å². The van der Waals surface area contributed by atoms with Crippen LogP contribution in [0.15, 0.2) is 194 Å². The zero-order chi connectivity index (χ0) is 46.6. The van der Waals surface area contributed by atoms with Crippen LogP contribution in [-0.2, 0) is 19.8 Å². The Morgan fingerprint density at radius 3 is 1.13 bits per heavy atom. The van der Waals surface area contributed by atoms with Gasteiger partial charge >= 0.3 is 7.60 Å². The molecule has 10 rings (SSSR count). The Bertz CT molecular complexity index is 3350. The SMILES string of the molecule is CCOP(=O)(Cc1ccc(C#N)cc1)OCC.N#Cc1ccc(/C=C/c2ccc(-n3c4ccccc4c4ccccc43)cc2)cc1.O=Cc1ccc(-n2c3ccccc3c3ccccc32)cc1. The predicted molar refractivity (Wildman–Crippen MR) is 273 cm³/mol. The molecule has 0 amide bonds. The fraction of sp³-hybridized carbons (Fsp3) is 0.0862. The van der Waals surface area contributed by atoms with Crippen molar-refractivity contribution in [3.05, 3.63) is 228 Å². The van der Waals surface area contributed by atoms with Crippen LogP contribution < -0.4 is 0 Å². The zero-order valence-corrected chi connectivity index (χ0v) is 38.1. The van der Waals surface area contributed by atoms with Gasteiger partial charge in [-0.25, -0.2) is 0 Å². The topological polar surface area (TPSA) is 110 Å². The Labute approximate surface area is 390 Å². The van der Waals surface area contributed by atoms with E-state index in [1.165, 1.54) is 43.6 Å². The van der Waals surface area contributed by atoms with E-state index >= 15 is 0 Å². The molecule has 0 aliphatic rings. The number of fused-ring (bicyclic) bond motifs is 6. The standard InChI is InChI=1S/C27H18N2.C19H13NO.C12H16NO3P/c28-19-22-13-11-20(12-14-22)9-10-21-15-17-23(18-16-21)29-26-7-3-1-5-24(26)25-6-2-4-8-27(25)29;21-13-14-9-11-15(12-10-14)20-18-7-3-1-5-16(18)17-6-2-4-8-19(17)20;1-3-15-17(14,16-4-2)10-12-7-5-11(9-13)6-8-12/h1-18H;1-13H;5-8H,3-4,10H2,1-2H3/b10-9+;;. The number of carbonyl (C=O) groups excluding carboxylic acids is 1. The minimum absolute atomic E-state index is 0.236. The fourth-order valence-corrected chi connectivity index (χ4v) is 9.83. The smallest absolute Gasteiger partial charge is 0.309 e. The molecule has 0 N–H and O–H groups in total. The first-order valence-electron chi connectivity index (χ1n) is 22.0. The fourth-order valence-electron chi connectivity index (χ4n) is 8.13. The average molecular weight is 895 g/mol. The first-order chi connectivity index (χ1) is 32.8. The number of aromatic nitrogens is 2. The molecule has 10 aromatic rings. The molecule has 8 nitrogen and oxygen atoms in total. The predicted octanol–water partition coefficient (Wildman–Crippen LogP) is 14.7. The molecule has 0 bridgehead atoms. The number of benzene rings is 8. The lowest BCUT2D eigenvalue weighted by atomic mass is 10.1. The van der Waals surface area contributed by atoms with E-state index in [1.807, 2.05) is 54.6 Å². The van der Waals surface area contributed by atoms with Gasteiger partial charge in [0, 0.05) is 38.5 Å². The highest BCUT2D eigenvalue weighted by Crippen LogP contribution is 2.51. The van der Waals surface area contributed by atoms with Crippen molar-refractivity contribution in [2.45, 2.75) is 20.0 Å². The lowest BCUT2D eigenvalue weighted by Gasteiger charge is -2.16. The molecule has 67 heavy (non-hydrogen) atoms. The van der Waals surface area contributed by atoms with E-state index in [0.29, 0.717) is 29.9 Å². The van der Waals surface area contributed by atoms with Crippen LogP contribution in [0, 0.1) is 22.7 Å². The molecule has 9 heteroatoms. The normalized spacial score (nSPS) is 11.2. The van der Waals surface area contributed by atoms with Crippen LogP contribution in [0.3, 0.4) is 0 Å². The molecule has 0 aliphatic carbocycles. The highest BCUT2D eigenvalue weighted by Gasteiger charge is 2.24. The molecule has 0 aliphatic heterocycles. The van der Waals surface area contributed by atoms with E-state index in [-0.39, 0.29) is 6.16 Å². The summed E-state index contributed by atoms with van der Waals surface area (Å²) in [5, 5.41) is 22.6. The van der Waals surface area contributed by atoms with Gasteiger partial charge in [0.1, 0.15) is 6.29 Å². The summed E-state index contributed by atoms with van der Waals surface area (Å²) in [7, 11) is -3.05. The summed E-state index contributed by atoms with van der Waals surface area (Å²) < 4.78 is 27.2. The first-order valence-corrected chi connectivity index (χ1v) is 23.8. The average Bonchev–Trinajstić information content (AvgIpc) is 3.90. The van der Waals surface area contributed by atoms with Crippen molar-refractivity contribution in [3.63, 3.8) is 0 Å². The van der Waals surface area contributed by atoms with Crippen LogP contribution in [0.25, 0.3) is 67.1 Å². The van der Waals surface area contributed by atoms with Crippen LogP contribution in [0.5, 0.6) is 0 Å². The van der Waals surface area contributed by atoms with Crippen LogP contribution in [0.4, 0.5) is 0 Å². The maximum atomic E-state index is 12.2. The Hall–Kier alpha value is -8.10. The van der Waals surface area contributed by atoms with Gasteiger partial charge in [-0.15, -0.1) is 0 Å². The summed E-state index contributed by atoms with van der Waals surface area (Å²) in [4.78, 5) is 10.8. The summed E-state index contributed by atoms with van der Waals surface area (Å²) >= 11 is 0. The second-order valence-electron chi connectivity index (χ2n) is 15.5. The zero-order valence-electron chi connectivity index (χ0n) is 37.2. The lowest BCUT2D eigenvalue weighted by Crippen LogP contribution is -1.99. The number of rotatable bonds is 11. The Balaban J connectivity index is 0.000000142. The van der Waals surface area contributed by atoms with Crippen molar-refractivity contribution in [2.24, 2.45) is 0 Å². The lowest BCUT2D eigenvalue weighted by molar-refractivity contribution is 0.112. The maximum Gasteiger partial charge on any atom is 0.335 e. The molecule has 2 aromatic heterocycles. The van der Waals surface area contributed by atoms with Crippen molar-refractivity contribution < 1.29 is 18.4 Å². The summed E-state index contributed by atoms with van der Waals surface area (Å²) in [6, 6.07) is 68.9. The number of aldehydes is 1. The number of carbonyl (C=O) groups is 1. The van der Waals surface area contributed by atoms with E-state index in [2.05, 4.69) is 149 Å². The molecule has 328 valence electrons. The quantitative estimate of drug-likeness (QED) is 0.0726. The van der Waals surface area contributed by atoms with E-state index in [4.69, 9.17) is 19.6 Å². The van der Waals surface area contributed by atoms with Gasteiger partial charge in [-0.05, 0) is 115 Å². The third kappa shape index (κ3) is 10.4. The van der Waals surface area contributed by atoms with E-state index < -0.39 is 7.60 Å². The van der Waals surface area contributed by atoms with Gasteiger partial charge in [-0.2, -0.15) is 10.5 Å². The van der Waals surface area contributed by atoms with Crippen LogP contribution in [-0.4, -0.2) is 28.6 Å². The summed E-state index contributed by atoms with van der Waals surface area (Å²) in [5.74, 6) is 0. The van der Waals surface area contributed by atoms with Gasteiger partial charge in [-0.1, -0.05) is 121 Å². The number of nitrogens with zero attached hydrogens (tertiary/aromatic N) is 4. The molecule has 0 unspecified atom stereocenters. The Morgan fingerprint density at radius 2 is 0.791 bits per heavy atom. The van der Waals surface area contributed by atoms with Gasteiger partial charge in [0.05, 0.1) is 64.7 Å². The van der Waals surface area contributed by atoms with Crippen molar-refractivity contribution >= 4 is 69.6 Å². The van der Waals surface area contributed by atoms with Gasteiger partial charge in [0.15, 0.2) is 0 Å².